The van der Waals surface area contributed by atoms with E-state index in [1.165, 1.54) is 24.3 Å². The van der Waals surface area contributed by atoms with Crippen LogP contribution in [-0.2, 0) is 9.47 Å². The van der Waals surface area contributed by atoms with E-state index in [-0.39, 0.29) is 11.1 Å². The predicted molar refractivity (Wildman–Crippen MR) is 63.0 cm³/mol. The molecular formula is C12H14O8. The standard InChI is InChI=1S/C12H14O8/c1-11(15,16)19-9(13)7-5-3-4-6-8(7)10(14)20-12(2,17)18/h3-6,15-18H,1-2H3. The highest BCUT2D eigenvalue weighted by atomic mass is 16.8. The maximum atomic E-state index is 11.7. The van der Waals surface area contributed by atoms with E-state index in [9.17, 15) is 9.59 Å². The van der Waals surface area contributed by atoms with Crippen LogP contribution in [0.25, 0.3) is 0 Å². The molecule has 0 fully saturated rings. The first-order chi connectivity index (χ1) is 8.99. The van der Waals surface area contributed by atoms with Gasteiger partial charge >= 0.3 is 23.9 Å². The molecule has 1 aromatic carbocycles. The van der Waals surface area contributed by atoms with Gasteiger partial charge in [-0.1, -0.05) is 12.1 Å². The third-order valence-electron chi connectivity index (χ3n) is 1.94. The number of ether oxygens (including phenoxy) is 2. The molecule has 8 nitrogen and oxygen atoms in total. The number of rotatable bonds is 4. The van der Waals surface area contributed by atoms with E-state index in [1.807, 2.05) is 0 Å². The Balaban J connectivity index is 3.05. The summed E-state index contributed by atoms with van der Waals surface area (Å²) in [7, 11) is 0. The largest absolute Gasteiger partial charge is 0.405 e. The molecule has 0 bridgehead atoms. The maximum Gasteiger partial charge on any atom is 0.343 e. The van der Waals surface area contributed by atoms with E-state index >= 15 is 0 Å². The molecule has 0 radical (unpaired) electrons. The molecular weight excluding hydrogens is 272 g/mol. The second-order valence-electron chi connectivity index (χ2n) is 4.19. The zero-order valence-corrected chi connectivity index (χ0v) is 10.7. The van der Waals surface area contributed by atoms with E-state index in [1.54, 1.807) is 0 Å². The summed E-state index contributed by atoms with van der Waals surface area (Å²) in [6.07, 6.45) is 0. The van der Waals surface area contributed by atoms with Crippen molar-refractivity contribution in [3.63, 3.8) is 0 Å². The molecule has 0 spiro atoms. The Morgan fingerprint density at radius 1 is 0.850 bits per heavy atom. The van der Waals surface area contributed by atoms with Gasteiger partial charge in [-0.05, 0) is 12.1 Å². The third-order valence-corrected chi connectivity index (χ3v) is 1.94. The number of esters is 2. The first-order valence-electron chi connectivity index (χ1n) is 5.45. The van der Waals surface area contributed by atoms with Gasteiger partial charge < -0.3 is 29.9 Å². The van der Waals surface area contributed by atoms with Crippen LogP contribution in [0.5, 0.6) is 0 Å². The van der Waals surface area contributed by atoms with Gasteiger partial charge in [-0.15, -0.1) is 0 Å². The number of carbonyl (C=O) groups excluding carboxylic acids is 2. The molecule has 110 valence electrons. The summed E-state index contributed by atoms with van der Waals surface area (Å²) >= 11 is 0. The van der Waals surface area contributed by atoms with Gasteiger partial charge in [0.15, 0.2) is 0 Å². The average Bonchev–Trinajstić information content (AvgIpc) is 2.24. The number of hydrogen-bond donors (Lipinski definition) is 4. The summed E-state index contributed by atoms with van der Waals surface area (Å²) in [5, 5.41) is 35.9. The molecule has 20 heavy (non-hydrogen) atoms. The smallest absolute Gasteiger partial charge is 0.343 e. The summed E-state index contributed by atoms with van der Waals surface area (Å²) in [5.74, 6) is -7.81. The van der Waals surface area contributed by atoms with Gasteiger partial charge in [0.05, 0.1) is 11.1 Å². The van der Waals surface area contributed by atoms with Crippen molar-refractivity contribution in [3.05, 3.63) is 35.4 Å². The normalized spacial score (nSPS) is 11.9. The Morgan fingerprint density at radius 3 is 1.40 bits per heavy atom. The molecule has 0 aliphatic rings. The third kappa shape index (κ3) is 4.94. The van der Waals surface area contributed by atoms with Crippen molar-refractivity contribution in [2.24, 2.45) is 0 Å². The summed E-state index contributed by atoms with van der Waals surface area (Å²) < 4.78 is 8.57. The molecule has 0 aliphatic carbocycles. The topological polar surface area (TPSA) is 134 Å². The highest BCUT2D eigenvalue weighted by Crippen LogP contribution is 2.16. The second-order valence-corrected chi connectivity index (χ2v) is 4.19. The number of benzene rings is 1. The van der Waals surface area contributed by atoms with Crippen LogP contribution in [-0.4, -0.2) is 44.3 Å². The van der Waals surface area contributed by atoms with Gasteiger partial charge in [-0.2, -0.15) is 0 Å². The molecule has 0 aromatic heterocycles. The van der Waals surface area contributed by atoms with E-state index in [4.69, 9.17) is 20.4 Å². The predicted octanol–water partition coefficient (Wildman–Crippen LogP) is -0.683. The van der Waals surface area contributed by atoms with Crippen molar-refractivity contribution in [1.82, 2.24) is 0 Å². The Hall–Kier alpha value is -2.00. The van der Waals surface area contributed by atoms with Gasteiger partial charge in [-0.25, -0.2) is 9.59 Å². The molecule has 1 rings (SSSR count). The highest BCUT2D eigenvalue weighted by Gasteiger charge is 2.28. The van der Waals surface area contributed by atoms with Gasteiger partial charge in [0.25, 0.3) is 0 Å². The molecule has 0 unspecified atom stereocenters. The van der Waals surface area contributed by atoms with Crippen molar-refractivity contribution in [3.8, 4) is 0 Å². The van der Waals surface area contributed by atoms with E-state index in [0.29, 0.717) is 0 Å². The summed E-state index contributed by atoms with van der Waals surface area (Å²) in [5.41, 5.74) is -0.646. The Morgan fingerprint density at radius 2 is 1.15 bits per heavy atom. The fraction of sp³-hybridized carbons (Fsp3) is 0.333. The zero-order chi connectivity index (χ0) is 15.6. The molecule has 0 amide bonds. The number of hydrogen-bond acceptors (Lipinski definition) is 8. The van der Waals surface area contributed by atoms with Crippen LogP contribution in [0.2, 0.25) is 0 Å². The van der Waals surface area contributed by atoms with Gasteiger partial charge in [0, 0.05) is 13.8 Å². The van der Waals surface area contributed by atoms with Crippen LogP contribution >= 0.6 is 0 Å². The van der Waals surface area contributed by atoms with Crippen molar-refractivity contribution in [2.75, 3.05) is 0 Å². The van der Waals surface area contributed by atoms with Gasteiger partial charge in [0.2, 0.25) is 0 Å². The minimum Gasteiger partial charge on any atom is -0.405 e. The summed E-state index contributed by atoms with van der Waals surface area (Å²) in [6.45, 7) is 1.62. The van der Waals surface area contributed by atoms with Crippen LogP contribution in [0.4, 0.5) is 0 Å². The van der Waals surface area contributed by atoms with Crippen molar-refractivity contribution in [2.45, 2.75) is 25.8 Å². The quantitative estimate of drug-likeness (QED) is 0.422. The molecule has 0 saturated carbocycles. The molecule has 0 atom stereocenters. The molecule has 0 heterocycles. The molecule has 0 aliphatic heterocycles. The van der Waals surface area contributed by atoms with E-state index in [2.05, 4.69) is 9.47 Å². The van der Waals surface area contributed by atoms with Crippen molar-refractivity contribution in [1.29, 1.82) is 0 Å². The Labute approximate surface area is 113 Å². The minimum atomic E-state index is -2.71. The van der Waals surface area contributed by atoms with E-state index in [0.717, 1.165) is 13.8 Å². The maximum absolute atomic E-state index is 11.7. The van der Waals surface area contributed by atoms with Crippen molar-refractivity contribution < 1.29 is 39.5 Å². The number of carbonyl (C=O) groups is 2. The fourth-order valence-corrected chi connectivity index (χ4v) is 1.30. The first-order valence-corrected chi connectivity index (χ1v) is 5.45. The van der Waals surface area contributed by atoms with Crippen molar-refractivity contribution >= 4 is 11.9 Å². The lowest BCUT2D eigenvalue weighted by atomic mass is 10.1. The Kier molecular flexibility index (Phi) is 4.46. The van der Waals surface area contributed by atoms with Crippen LogP contribution in [0.1, 0.15) is 34.6 Å². The molecule has 0 saturated heterocycles. The molecule has 8 heteroatoms. The summed E-state index contributed by atoms with van der Waals surface area (Å²) in [6, 6.07) is 5.15. The van der Waals surface area contributed by atoms with Gasteiger partial charge in [0.1, 0.15) is 0 Å². The van der Waals surface area contributed by atoms with Crippen LogP contribution in [0.15, 0.2) is 24.3 Å². The number of aliphatic hydroxyl groups is 4. The van der Waals surface area contributed by atoms with Crippen LogP contribution in [0, 0.1) is 0 Å². The van der Waals surface area contributed by atoms with Crippen LogP contribution in [0.3, 0.4) is 0 Å². The SMILES string of the molecule is CC(O)(O)OC(=O)c1ccccc1C(=O)OC(C)(O)O. The Bertz CT molecular complexity index is 462. The monoisotopic (exact) mass is 286 g/mol. The fourth-order valence-electron chi connectivity index (χ4n) is 1.30. The minimum absolute atomic E-state index is 0.323. The zero-order valence-electron chi connectivity index (χ0n) is 10.7. The first kappa shape index (κ1) is 16.1. The molecule has 4 N–H and O–H groups in total. The lowest BCUT2D eigenvalue weighted by Gasteiger charge is -2.19. The van der Waals surface area contributed by atoms with Gasteiger partial charge in [-0.3, -0.25) is 0 Å². The lowest BCUT2D eigenvalue weighted by molar-refractivity contribution is -0.296. The lowest BCUT2D eigenvalue weighted by Crippen LogP contribution is -2.33. The second kappa shape index (κ2) is 5.55. The highest BCUT2D eigenvalue weighted by molar-refractivity contribution is 6.03. The van der Waals surface area contributed by atoms with E-state index < -0.39 is 23.9 Å². The average molecular weight is 286 g/mol. The van der Waals surface area contributed by atoms with Crippen LogP contribution < -0.4 is 0 Å². The molecule has 1 aromatic rings. The summed E-state index contributed by atoms with van der Waals surface area (Å²) in [4.78, 5) is 23.4.